The van der Waals surface area contributed by atoms with Crippen molar-refractivity contribution in [3.05, 3.63) is 35.9 Å². The molecule has 0 saturated carbocycles. The largest absolute Gasteiger partial charge is 0.493 e. The number of sulfonamides is 1. The quantitative estimate of drug-likeness (QED) is 0.829. The van der Waals surface area contributed by atoms with Gasteiger partial charge in [-0.05, 0) is 48.4 Å². The molecule has 8 heteroatoms. The first-order chi connectivity index (χ1) is 12.8. The van der Waals surface area contributed by atoms with Crippen LogP contribution in [0.2, 0.25) is 0 Å². The van der Waals surface area contributed by atoms with E-state index in [1.807, 2.05) is 30.3 Å². The van der Waals surface area contributed by atoms with E-state index in [1.54, 1.807) is 0 Å². The lowest BCUT2D eigenvalue weighted by molar-refractivity contribution is 0.111. The summed E-state index contributed by atoms with van der Waals surface area (Å²) in [5, 5.41) is 8.98. The molecule has 0 bridgehead atoms. The molecule has 2 aliphatic heterocycles. The topological polar surface area (TPSA) is 87.2 Å². The van der Waals surface area contributed by atoms with Crippen molar-refractivity contribution in [3.8, 4) is 5.75 Å². The van der Waals surface area contributed by atoms with Crippen LogP contribution in [0.15, 0.2) is 30.3 Å². The molecule has 0 atom stereocenters. The number of nitrogens with zero attached hydrogens (tertiary/aromatic N) is 2. The van der Waals surface area contributed by atoms with Crippen LogP contribution in [0.1, 0.15) is 24.8 Å². The molecule has 0 spiro atoms. The Morgan fingerprint density at radius 2 is 1.85 bits per heavy atom. The molecule has 0 aliphatic carbocycles. The second-order valence-electron chi connectivity index (χ2n) is 7.15. The lowest BCUT2D eigenvalue weighted by Gasteiger charge is -2.29. The minimum atomic E-state index is -3.13. The zero-order valence-electron chi connectivity index (χ0n) is 15.5. The molecular weight excluding hydrogens is 368 g/mol. The molecule has 1 saturated heterocycles. The van der Waals surface area contributed by atoms with E-state index >= 15 is 0 Å². The summed E-state index contributed by atoms with van der Waals surface area (Å²) >= 11 is 0. The molecule has 0 unspecified atom stereocenters. The zero-order valence-corrected chi connectivity index (χ0v) is 16.3. The van der Waals surface area contributed by atoms with E-state index in [0.29, 0.717) is 45.1 Å². The number of ether oxygens (including phenoxy) is 1. The number of piperidine rings is 1. The highest BCUT2D eigenvalue weighted by Gasteiger charge is 2.23. The van der Waals surface area contributed by atoms with Gasteiger partial charge in [0.2, 0.25) is 10.0 Å². The van der Waals surface area contributed by atoms with Crippen LogP contribution in [0.4, 0.5) is 4.79 Å². The lowest BCUT2D eigenvalue weighted by atomic mass is 9.98. The number of rotatable bonds is 5. The van der Waals surface area contributed by atoms with Gasteiger partial charge in [-0.2, -0.15) is 4.31 Å². The summed E-state index contributed by atoms with van der Waals surface area (Å²) in [5.41, 5.74) is 2.24. The molecule has 2 heterocycles. The molecule has 1 aromatic rings. The first kappa shape index (κ1) is 19.7. The van der Waals surface area contributed by atoms with E-state index in [-0.39, 0.29) is 0 Å². The first-order valence-electron chi connectivity index (χ1n) is 9.18. The Kier molecular flexibility index (Phi) is 6.06. The van der Waals surface area contributed by atoms with Crippen LogP contribution in [-0.2, 0) is 10.0 Å². The van der Waals surface area contributed by atoms with Crippen molar-refractivity contribution in [2.24, 2.45) is 5.92 Å². The van der Waals surface area contributed by atoms with Crippen molar-refractivity contribution in [2.75, 3.05) is 39.0 Å². The number of benzene rings is 1. The minimum Gasteiger partial charge on any atom is -0.493 e. The third kappa shape index (κ3) is 5.23. The average Bonchev–Trinajstić information content (AvgIpc) is 2.66. The summed E-state index contributed by atoms with van der Waals surface area (Å²) in [7, 11) is -3.13. The fourth-order valence-corrected chi connectivity index (χ4v) is 4.25. The summed E-state index contributed by atoms with van der Waals surface area (Å²) in [6.45, 7) is 2.67. The van der Waals surface area contributed by atoms with Crippen LogP contribution in [-0.4, -0.2) is 67.9 Å². The molecule has 3 rings (SSSR count). The van der Waals surface area contributed by atoms with E-state index in [2.05, 4.69) is 0 Å². The van der Waals surface area contributed by atoms with Gasteiger partial charge in [0.05, 0.1) is 12.9 Å². The Balaban J connectivity index is 1.50. The number of likely N-dealkylation sites (tertiary alicyclic amines) is 1. The molecule has 0 aromatic heterocycles. The van der Waals surface area contributed by atoms with E-state index in [4.69, 9.17) is 9.84 Å². The Morgan fingerprint density at radius 3 is 2.37 bits per heavy atom. The van der Waals surface area contributed by atoms with Crippen LogP contribution in [0.25, 0.3) is 5.57 Å². The van der Waals surface area contributed by atoms with Gasteiger partial charge in [0.15, 0.2) is 0 Å². The van der Waals surface area contributed by atoms with Crippen LogP contribution in [0, 0.1) is 5.92 Å². The van der Waals surface area contributed by atoms with Gasteiger partial charge in [0.25, 0.3) is 0 Å². The monoisotopic (exact) mass is 394 g/mol. The molecular formula is C19H26N2O5S. The normalized spacial score (nSPS) is 19.6. The van der Waals surface area contributed by atoms with Gasteiger partial charge in [0, 0.05) is 26.2 Å². The van der Waals surface area contributed by atoms with Crippen molar-refractivity contribution in [1.82, 2.24) is 9.21 Å². The van der Waals surface area contributed by atoms with Gasteiger partial charge in [-0.15, -0.1) is 0 Å². The maximum Gasteiger partial charge on any atom is 0.407 e. The third-order valence-corrected chi connectivity index (χ3v) is 6.51. The lowest BCUT2D eigenvalue weighted by Crippen LogP contribution is -2.38. The number of carbonyl (C=O) groups is 1. The van der Waals surface area contributed by atoms with Crippen LogP contribution in [0.5, 0.6) is 5.75 Å². The SMILES string of the molecule is CS(=O)(=O)N1CC=C(c2ccc(OCC3CCN(C(=O)O)CC3)cc2)CC1. The molecule has 1 aromatic carbocycles. The third-order valence-electron chi connectivity index (χ3n) is 5.24. The highest BCUT2D eigenvalue weighted by molar-refractivity contribution is 7.88. The van der Waals surface area contributed by atoms with E-state index in [1.165, 1.54) is 15.5 Å². The summed E-state index contributed by atoms with van der Waals surface area (Å²) in [6, 6.07) is 7.88. The maximum absolute atomic E-state index is 11.6. The fourth-order valence-electron chi connectivity index (χ4n) is 3.48. The maximum atomic E-state index is 11.6. The summed E-state index contributed by atoms with van der Waals surface area (Å²) < 4.78 is 30.5. The van der Waals surface area contributed by atoms with E-state index in [0.717, 1.165) is 29.7 Å². The van der Waals surface area contributed by atoms with Crippen molar-refractivity contribution in [2.45, 2.75) is 19.3 Å². The van der Waals surface area contributed by atoms with Crippen LogP contribution in [0.3, 0.4) is 0 Å². The number of hydrogen-bond donors (Lipinski definition) is 1. The second-order valence-corrected chi connectivity index (χ2v) is 9.13. The van der Waals surface area contributed by atoms with E-state index < -0.39 is 16.1 Å². The highest BCUT2D eigenvalue weighted by Crippen LogP contribution is 2.26. The number of hydrogen-bond acceptors (Lipinski definition) is 4. The van der Waals surface area contributed by atoms with Crippen LogP contribution < -0.4 is 4.74 Å². The van der Waals surface area contributed by atoms with Crippen LogP contribution >= 0.6 is 0 Å². The molecule has 7 nitrogen and oxygen atoms in total. The van der Waals surface area contributed by atoms with Gasteiger partial charge < -0.3 is 14.7 Å². The first-order valence-corrected chi connectivity index (χ1v) is 11.0. The van der Waals surface area contributed by atoms with Crippen molar-refractivity contribution in [3.63, 3.8) is 0 Å². The Bertz CT molecular complexity index is 796. The van der Waals surface area contributed by atoms with Gasteiger partial charge in [0.1, 0.15) is 5.75 Å². The Morgan fingerprint density at radius 1 is 1.19 bits per heavy atom. The van der Waals surface area contributed by atoms with Gasteiger partial charge in [-0.1, -0.05) is 18.2 Å². The summed E-state index contributed by atoms with van der Waals surface area (Å²) in [6.07, 6.45) is 4.72. The minimum absolute atomic E-state index is 0.378. The molecule has 1 amide bonds. The summed E-state index contributed by atoms with van der Waals surface area (Å²) in [4.78, 5) is 12.4. The molecule has 0 radical (unpaired) electrons. The Labute approximate surface area is 160 Å². The second kappa shape index (κ2) is 8.31. The molecule has 27 heavy (non-hydrogen) atoms. The number of carboxylic acid groups (broad SMARTS) is 1. The standard InChI is InChI=1S/C19H26N2O5S/c1-27(24,25)21-12-8-17(9-13-21)16-2-4-18(5-3-16)26-14-15-6-10-20(11-7-15)19(22)23/h2-5,8,15H,6-7,9-14H2,1H3,(H,22,23). The van der Waals surface area contributed by atoms with Gasteiger partial charge in [-0.3, -0.25) is 0 Å². The van der Waals surface area contributed by atoms with Crippen molar-refractivity contribution < 1.29 is 23.1 Å². The molecule has 1 N–H and O–H groups in total. The Hall–Kier alpha value is -2.06. The van der Waals surface area contributed by atoms with Crippen molar-refractivity contribution >= 4 is 21.7 Å². The zero-order chi connectivity index (χ0) is 19.4. The van der Waals surface area contributed by atoms with Crippen molar-refractivity contribution in [1.29, 1.82) is 0 Å². The van der Waals surface area contributed by atoms with Gasteiger partial charge >= 0.3 is 6.09 Å². The summed E-state index contributed by atoms with van der Waals surface area (Å²) in [5.74, 6) is 1.18. The van der Waals surface area contributed by atoms with E-state index in [9.17, 15) is 13.2 Å². The highest BCUT2D eigenvalue weighted by atomic mass is 32.2. The molecule has 148 valence electrons. The smallest absolute Gasteiger partial charge is 0.407 e. The van der Waals surface area contributed by atoms with Gasteiger partial charge in [-0.25, -0.2) is 13.2 Å². The molecule has 1 fully saturated rings. The average molecular weight is 394 g/mol. The predicted octanol–water partition coefficient (Wildman–Crippen LogP) is 2.50. The molecule has 2 aliphatic rings. The fraction of sp³-hybridized carbons (Fsp3) is 0.526. The predicted molar refractivity (Wildman–Crippen MR) is 103 cm³/mol. The number of amides is 1.